The van der Waals surface area contributed by atoms with E-state index in [9.17, 15) is 29.4 Å². The van der Waals surface area contributed by atoms with Crippen molar-refractivity contribution < 1.29 is 38.3 Å². The van der Waals surface area contributed by atoms with Crippen molar-refractivity contribution in [3.8, 4) is 17.6 Å². The Bertz CT molecular complexity index is 2260. The van der Waals surface area contributed by atoms with Crippen molar-refractivity contribution in [3.63, 3.8) is 0 Å². The summed E-state index contributed by atoms with van der Waals surface area (Å²) in [7, 11) is 1.47. The predicted octanol–water partition coefficient (Wildman–Crippen LogP) is 4.91. The molecule has 3 aromatic carbocycles. The van der Waals surface area contributed by atoms with Gasteiger partial charge in [-0.25, -0.2) is 0 Å². The van der Waals surface area contributed by atoms with E-state index in [1.807, 2.05) is 126 Å². The van der Waals surface area contributed by atoms with E-state index >= 15 is 0 Å². The monoisotopic (exact) mass is 904 g/mol. The summed E-state index contributed by atoms with van der Waals surface area (Å²) in [5.41, 5.74) is -1.82. The van der Waals surface area contributed by atoms with Crippen molar-refractivity contribution in [3.05, 3.63) is 128 Å². The van der Waals surface area contributed by atoms with E-state index in [1.54, 1.807) is 18.9 Å². The number of H-pyrrole nitrogens is 1. The number of hydrogen-bond donors (Lipinski definition) is 4. The maximum atomic E-state index is 13.8. The predicted molar refractivity (Wildman–Crippen MR) is 247 cm³/mol. The number of nitriles is 1. The number of nitrogens with one attached hydrogen (secondary N) is 2. The molecule has 0 bridgehead atoms. The normalized spacial score (nSPS) is 18.6. The van der Waals surface area contributed by atoms with Gasteiger partial charge >= 0.3 is 377 Å². The van der Waals surface area contributed by atoms with Crippen LogP contribution in [0.1, 0.15) is 69.0 Å². The standard InChI is InChI=1S/C47H65N6O10P/c1-32(2)53(33(3)4)64(57,58,29-13-25-48)43-40(63-45(52-30-34(5)44(55)50-46(52)56)42(43)61-28-24-41(54)49-26-27-51(6)7)31-62-47(35-14-11-10-12-15-35,36-16-20-38(59-8)21-17-36)37-18-22-39(60-9)23-19-37/h10-12,14-23,30,32-33,40,42-43,45,57-58H,13,24,26-29,31H2,1-9H3,(H,49,54)(H,50,55,56)/t40-,42+,43-,45-/m1/s1. The molecule has 1 aliphatic rings. The van der Waals surface area contributed by atoms with Gasteiger partial charge in [-0.05, 0) is 0 Å². The van der Waals surface area contributed by atoms with Crippen LogP contribution < -0.4 is 26.0 Å². The van der Waals surface area contributed by atoms with Gasteiger partial charge in [0.1, 0.15) is 0 Å². The molecule has 4 atom stereocenters. The molecule has 1 aromatic heterocycles. The van der Waals surface area contributed by atoms with Crippen molar-refractivity contribution in [1.82, 2.24) is 24.4 Å². The van der Waals surface area contributed by atoms with Crippen LogP contribution in [0.2, 0.25) is 0 Å². The Morgan fingerprint density at radius 3 is 2.02 bits per heavy atom. The van der Waals surface area contributed by atoms with E-state index in [4.69, 9.17) is 23.7 Å². The molecule has 17 heteroatoms. The number of ether oxygens (including phenoxy) is 5. The van der Waals surface area contributed by atoms with Crippen LogP contribution in [-0.4, -0.2) is 126 Å². The molecule has 16 nitrogen and oxygen atoms in total. The topological polar surface area (TPSA) is 201 Å². The first kappa shape index (κ1) is 50.1. The number of carbonyl (C=O) groups is 1. The van der Waals surface area contributed by atoms with Crippen LogP contribution in [0.15, 0.2) is 94.6 Å². The third-order valence-corrected chi connectivity index (χ3v) is 16.6. The van der Waals surface area contributed by atoms with Gasteiger partial charge in [0.25, 0.3) is 0 Å². The van der Waals surface area contributed by atoms with Crippen LogP contribution in [0.25, 0.3) is 0 Å². The first-order chi connectivity index (χ1) is 30.4. The second kappa shape index (κ2) is 21.4. The van der Waals surface area contributed by atoms with Crippen molar-refractivity contribution in [2.24, 2.45) is 0 Å². The molecule has 4 aromatic rings. The second-order valence-electron chi connectivity index (χ2n) is 17.0. The summed E-state index contributed by atoms with van der Waals surface area (Å²) >= 11 is 0. The molecule has 0 aliphatic carbocycles. The Kier molecular flexibility index (Phi) is 16.7. The van der Waals surface area contributed by atoms with Crippen molar-refractivity contribution in [1.29, 1.82) is 5.26 Å². The number of aromatic nitrogens is 2. The summed E-state index contributed by atoms with van der Waals surface area (Å²) in [6.45, 7) is 9.42. The number of rotatable bonds is 22. The number of hydrogen-bond acceptors (Lipinski definition) is 13. The maximum absolute atomic E-state index is 13.8. The quantitative estimate of drug-likeness (QED) is 0.0614. The van der Waals surface area contributed by atoms with Crippen molar-refractivity contribution >= 4 is 13.1 Å². The van der Waals surface area contributed by atoms with E-state index in [0.717, 1.165) is 5.56 Å². The van der Waals surface area contributed by atoms with Gasteiger partial charge in [0.05, 0.1) is 0 Å². The first-order valence-corrected chi connectivity index (χ1v) is 23.9. The fraction of sp³-hybridized carbons (Fsp3) is 0.489. The Balaban J connectivity index is 1.76. The number of aryl methyl sites for hydroxylation is 1. The van der Waals surface area contributed by atoms with Crippen LogP contribution >= 0.6 is 7.21 Å². The minimum absolute atomic E-state index is 0.0980. The third kappa shape index (κ3) is 10.8. The molecule has 4 N–H and O–H groups in total. The number of likely N-dealkylation sites (N-methyl/N-ethyl adjacent to an activating group) is 1. The fourth-order valence-corrected chi connectivity index (χ4v) is 14.1. The summed E-state index contributed by atoms with van der Waals surface area (Å²) in [6, 6.07) is 25.7. The van der Waals surface area contributed by atoms with Gasteiger partial charge in [0, 0.05) is 0 Å². The molecule has 0 radical (unpaired) electrons. The molecule has 0 saturated carbocycles. The number of methoxy groups -OCH3 is 2. The summed E-state index contributed by atoms with van der Waals surface area (Å²) in [4.78, 5) is 71.2. The van der Waals surface area contributed by atoms with E-state index in [0.29, 0.717) is 35.7 Å². The number of aromatic amines is 1. The summed E-state index contributed by atoms with van der Waals surface area (Å²) in [5, 5.41) is 12.9. The van der Waals surface area contributed by atoms with Gasteiger partial charge in [0.15, 0.2) is 0 Å². The fourth-order valence-electron chi connectivity index (χ4n) is 9.04. The average Bonchev–Trinajstić information content (AvgIpc) is 3.64. The summed E-state index contributed by atoms with van der Waals surface area (Å²) < 4.78 is 34.8. The second-order valence-corrected chi connectivity index (χ2v) is 21.0. The molecule has 348 valence electrons. The molecule has 64 heavy (non-hydrogen) atoms. The van der Waals surface area contributed by atoms with Crippen LogP contribution in [0.4, 0.5) is 0 Å². The Morgan fingerprint density at radius 1 is 0.938 bits per heavy atom. The molecule has 0 unspecified atom stereocenters. The van der Waals surface area contributed by atoms with Gasteiger partial charge in [-0.2, -0.15) is 0 Å². The van der Waals surface area contributed by atoms with Gasteiger partial charge in [0.2, 0.25) is 0 Å². The van der Waals surface area contributed by atoms with Crippen LogP contribution in [0, 0.1) is 18.3 Å². The molecule has 1 saturated heterocycles. The average molecular weight is 905 g/mol. The molecule has 1 fully saturated rings. The van der Waals surface area contributed by atoms with Gasteiger partial charge in [-0.15, -0.1) is 0 Å². The van der Waals surface area contributed by atoms with E-state index in [-0.39, 0.29) is 43.7 Å². The zero-order chi connectivity index (χ0) is 46.8. The molecule has 1 amide bonds. The Labute approximate surface area is 375 Å². The summed E-state index contributed by atoms with van der Waals surface area (Å²) in [6.07, 6.45) is -3.28. The zero-order valence-corrected chi connectivity index (χ0v) is 39.3. The third-order valence-electron chi connectivity index (χ3n) is 11.7. The Hall–Kier alpha value is -4.95. The van der Waals surface area contributed by atoms with Crippen LogP contribution in [0.5, 0.6) is 11.5 Å². The molecular formula is C47H65N6O10P. The van der Waals surface area contributed by atoms with Gasteiger partial charge in [-0.1, -0.05) is 0 Å². The van der Waals surface area contributed by atoms with Crippen LogP contribution in [0.3, 0.4) is 0 Å². The van der Waals surface area contributed by atoms with Crippen molar-refractivity contribution in [2.75, 3.05) is 60.8 Å². The van der Waals surface area contributed by atoms with E-state index in [1.165, 1.54) is 17.7 Å². The molecule has 1 aliphatic heterocycles. The van der Waals surface area contributed by atoms with E-state index in [2.05, 4.69) is 16.4 Å². The first-order valence-electron chi connectivity index (χ1n) is 21.6. The summed E-state index contributed by atoms with van der Waals surface area (Å²) in [5.74, 6) is 0.945. The number of amides is 1. The van der Waals surface area contributed by atoms with Crippen molar-refractivity contribution in [2.45, 2.75) is 89.2 Å². The van der Waals surface area contributed by atoms with Crippen LogP contribution in [-0.2, 0) is 24.6 Å². The Morgan fingerprint density at radius 2 is 1.50 bits per heavy atom. The van der Waals surface area contributed by atoms with E-state index < -0.39 is 60.2 Å². The molecule has 0 spiro atoms. The number of carbonyl (C=O) groups excluding carboxylic acids is 1. The molecular weight excluding hydrogens is 840 g/mol. The SMILES string of the molecule is COc1ccc(C(OC[C@H]2O[C@@H](n3cc(C)c(=O)[nH]c3=O)[C@@H](OCCC(=O)NCCN(C)C)[C@@H]2P(O)(O)(CCC#N)N(C(C)C)C(C)C)(c2ccccc2)c2ccc(OC)cc2)cc1. The number of benzene rings is 3. The number of nitrogens with zero attached hydrogens (tertiary/aromatic N) is 4. The molecule has 2 heterocycles. The minimum atomic E-state index is -5.48. The van der Waals surface area contributed by atoms with Gasteiger partial charge < -0.3 is 0 Å². The zero-order valence-electron chi connectivity index (χ0n) is 38.4. The van der Waals surface area contributed by atoms with Gasteiger partial charge in [-0.3, -0.25) is 0 Å². The molecule has 5 rings (SSSR count).